The Bertz CT molecular complexity index is 1110. The van der Waals surface area contributed by atoms with Crippen LogP contribution in [-0.4, -0.2) is 40.4 Å². The van der Waals surface area contributed by atoms with E-state index in [1.54, 1.807) is 30.2 Å². The first-order valence-electron chi connectivity index (χ1n) is 11.7. The zero-order chi connectivity index (χ0) is 22.5. The smallest absolute Gasteiger partial charge is 0.267 e. The molecule has 1 aliphatic rings. The molecule has 0 bridgehead atoms. The fraction of sp³-hybridized carbons (Fsp3) is 0.520. The number of benzene rings is 1. The number of unbranched alkanes of at least 4 members (excludes halogenated alkanes) is 4. The summed E-state index contributed by atoms with van der Waals surface area (Å²) in [5, 5.41) is 1.62. The Morgan fingerprint density at radius 1 is 1.12 bits per heavy atom. The molecule has 172 valence electrons. The fourth-order valence-electron chi connectivity index (χ4n) is 4.27. The second-order valence-electron chi connectivity index (χ2n) is 8.30. The van der Waals surface area contributed by atoms with E-state index in [1.807, 2.05) is 28.8 Å². The maximum Gasteiger partial charge on any atom is 0.267 e. The maximum absolute atomic E-state index is 13.8. The van der Waals surface area contributed by atoms with E-state index in [0.717, 1.165) is 65.0 Å². The van der Waals surface area contributed by atoms with Crippen molar-refractivity contribution in [3.8, 4) is 11.4 Å². The van der Waals surface area contributed by atoms with Gasteiger partial charge in [-0.1, -0.05) is 51.3 Å². The third-order valence-electron chi connectivity index (χ3n) is 6.18. The van der Waals surface area contributed by atoms with Crippen LogP contribution in [0.2, 0.25) is 0 Å². The van der Waals surface area contributed by atoms with Crippen LogP contribution in [0.1, 0.15) is 56.4 Å². The van der Waals surface area contributed by atoms with E-state index in [4.69, 9.17) is 9.72 Å². The van der Waals surface area contributed by atoms with Crippen molar-refractivity contribution >= 4 is 33.3 Å². The molecule has 0 radical (unpaired) electrons. The summed E-state index contributed by atoms with van der Waals surface area (Å²) in [6.45, 7) is 7.40. The number of fused-ring (bicyclic) bond motifs is 3. The number of likely N-dealkylation sites (N-methyl/N-ethyl adjacent to an activating group) is 1. The Labute approximate surface area is 198 Å². The third kappa shape index (κ3) is 4.90. The molecular formula is C25H33N3O2S2. The molecule has 0 fully saturated rings. The van der Waals surface area contributed by atoms with Gasteiger partial charge >= 0.3 is 0 Å². The number of aromatic nitrogens is 2. The number of methoxy groups -OCH3 is 1. The first-order chi connectivity index (χ1) is 15.7. The topological polar surface area (TPSA) is 47.4 Å². The van der Waals surface area contributed by atoms with Gasteiger partial charge in [0.25, 0.3) is 5.56 Å². The van der Waals surface area contributed by atoms with Crippen LogP contribution in [0.25, 0.3) is 15.9 Å². The SMILES string of the molecule is CCCCCCCSc1nc2sc3c(c2c(=O)n1-c1ccc(OC)cc1)CCN(CC)C3. The van der Waals surface area contributed by atoms with Crippen LogP contribution in [0.4, 0.5) is 0 Å². The normalized spacial score (nSPS) is 14.1. The Morgan fingerprint density at radius 3 is 2.62 bits per heavy atom. The average molecular weight is 472 g/mol. The lowest BCUT2D eigenvalue weighted by atomic mass is 10.1. The van der Waals surface area contributed by atoms with E-state index >= 15 is 0 Å². The van der Waals surface area contributed by atoms with Crippen LogP contribution in [0.15, 0.2) is 34.2 Å². The summed E-state index contributed by atoms with van der Waals surface area (Å²) < 4.78 is 7.14. The van der Waals surface area contributed by atoms with Gasteiger partial charge in [-0.25, -0.2) is 4.98 Å². The highest BCUT2D eigenvalue weighted by molar-refractivity contribution is 7.99. The molecule has 32 heavy (non-hydrogen) atoms. The minimum absolute atomic E-state index is 0.0658. The largest absolute Gasteiger partial charge is 0.497 e. The Hall–Kier alpha value is -1.83. The molecule has 5 nitrogen and oxygen atoms in total. The van der Waals surface area contributed by atoms with Gasteiger partial charge in [0, 0.05) is 23.7 Å². The summed E-state index contributed by atoms with van der Waals surface area (Å²) in [5.74, 6) is 1.76. The molecule has 1 aromatic carbocycles. The van der Waals surface area contributed by atoms with E-state index < -0.39 is 0 Å². The van der Waals surface area contributed by atoms with E-state index in [0.29, 0.717) is 0 Å². The quantitative estimate of drug-likeness (QED) is 0.209. The summed E-state index contributed by atoms with van der Waals surface area (Å²) in [4.78, 5) is 23.5. The summed E-state index contributed by atoms with van der Waals surface area (Å²) in [5.41, 5.74) is 2.13. The van der Waals surface area contributed by atoms with Crippen molar-refractivity contribution in [2.45, 2.75) is 64.1 Å². The lowest BCUT2D eigenvalue weighted by Gasteiger charge is -2.25. The number of ether oxygens (including phenoxy) is 1. The van der Waals surface area contributed by atoms with E-state index in [1.165, 1.54) is 36.1 Å². The van der Waals surface area contributed by atoms with Crippen LogP contribution in [0, 0.1) is 0 Å². The summed E-state index contributed by atoms with van der Waals surface area (Å²) in [6, 6.07) is 7.73. The first-order valence-corrected chi connectivity index (χ1v) is 13.5. The van der Waals surface area contributed by atoms with Gasteiger partial charge in [0.2, 0.25) is 0 Å². The Balaban J connectivity index is 1.72. The van der Waals surface area contributed by atoms with Crippen molar-refractivity contribution in [2.24, 2.45) is 0 Å². The van der Waals surface area contributed by atoms with Gasteiger partial charge < -0.3 is 4.74 Å². The summed E-state index contributed by atoms with van der Waals surface area (Å²) in [7, 11) is 1.66. The van der Waals surface area contributed by atoms with Crippen molar-refractivity contribution < 1.29 is 4.74 Å². The minimum Gasteiger partial charge on any atom is -0.497 e. The molecule has 0 amide bonds. The molecule has 4 rings (SSSR count). The van der Waals surface area contributed by atoms with Gasteiger partial charge in [-0.3, -0.25) is 14.3 Å². The molecule has 7 heteroatoms. The highest BCUT2D eigenvalue weighted by Gasteiger charge is 2.25. The van der Waals surface area contributed by atoms with E-state index in [2.05, 4.69) is 18.7 Å². The van der Waals surface area contributed by atoms with Gasteiger partial charge in [0.05, 0.1) is 18.2 Å². The average Bonchev–Trinajstić information content (AvgIpc) is 3.19. The second-order valence-corrected chi connectivity index (χ2v) is 10.4. The molecule has 3 heterocycles. The van der Waals surface area contributed by atoms with Gasteiger partial charge in [0.15, 0.2) is 5.16 Å². The van der Waals surface area contributed by atoms with Crippen molar-refractivity contribution in [2.75, 3.05) is 26.0 Å². The Kier molecular flexibility index (Phi) is 7.92. The number of thioether (sulfide) groups is 1. The lowest BCUT2D eigenvalue weighted by Crippen LogP contribution is -2.30. The van der Waals surface area contributed by atoms with Crippen LogP contribution >= 0.6 is 23.1 Å². The Morgan fingerprint density at radius 2 is 1.91 bits per heavy atom. The van der Waals surface area contributed by atoms with Gasteiger partial charge in [-0.2, -0.15) is 0 Å². The first kappa shape index (κ1) is 23.3. The molecule has 2 aromatic heterocycles. The second kappa shape index (κ2) is 10.9. The highest BCUT2D eigenvalue weighted by Crippen LogP contribution is 2.34. The highest BCUT2D eigenvalue weighted by atomic mass is 32.2. The molecule has 0 N–H and O–H groups in total. The number of hydrogen-bond acceptors (Lipinski definition) is 6. The molecule has 0 aliphatic carbocycles. The van der Waals surface area contributed by atoms with Gasteiger partial charge in [-0.05, 0) is 49.2 Å². The van der Waals surface area contributed by atoms with Crippen molar-refractivity contribution in [1.82, 2.24) is 14.5 Å². The molecular weight excluding hydrogens is 438 g/mol. The van der Waals surface area contributed by atoms with Crippen LogP contribution < -0.4 is 10.3 Å². The van der Waals surface area contributed by atoms with Crippen LogP contribution in [0.3, 0.4) is 0 Å². The van der Waals surface area contributed by atoms with Crippen molar-refractivity contribution in [3.63, 3.8) is 0 Å². The fourth-order valence-corrected chi connectivity index (χ4v) is 6.59. The monoisotopic (exact) mass is 471 g/mol. The number of hydrogen-bond donors (Lipinski definition) is 0. The van der Waals surface area contributed by atoms with Crippen molar-refractivity contribution in [1.29, 1.82) is 0 Å². The maximum atomic E-state index is 13.8. The van der Waals surface area contributed by atoms with Gasteiger partial charge in [-0.15, -0.1) is 11.3 Å². The standard InChI is InChI=1S/C25H33N3O2S2/c1-4-6-7-8-9-16-31-25-26-23-22(20-14-15-27(5-2)17-21(20)32-23)24(29)28(25)18-10-12-19(30-3)13-11-18/h10-13H,4-9,14-17H2,1-3H3. The molecule has 0 saturated carbocycles. The lowest BCUT2D eigenvalue weighted by molar-refractivity contribution is 0.272. The zero-order valence-corrected chi connectivity index (χ0v) is 21.0. The van der Waals surface area contributed by atoms with Crippen LogP contribution in [0.5, 0.6) is 5.75 Å². The number of rotatable bonds is 10. The molecule has 0 atom stereocenters. The predicted molar refractivity (Wildman–Crippen MR) is 136 cm³/mol. The zero-order valence-electron chi connectivity index (χ0n) is 19.4. The van der Waals surface area contributed by atoms with E-state index in [-0.39, 0.29) is 5.56 Å². The molecule has 1 aliphatic heterocycles. The molecule has 0 unspecified atom stereocenters. The molecule has 0 spiro atoms. The minimum atomic E-state index is 0.0658. The predicted octanol–water partition coefficient (Wildman–Crippen LogP) is 5.90. The van der Waals surface area contributed by atoms with Gasteiger partial charge in [0.1, 0.15) is 10.6 Å². The number of thiophene rings is 1. The third-order valence-corrected chi connectivity index (χ3v) is 8.32. The van der Waals surface area contributed by atoms with Crippen LogP contribution in [-0.2, 0) is 13.0 Å². The van der Waals surface area contributed by atoms with Crippen molar-refractivity contribution in [3.05, 3.63) is 45.1 Å². The molecule has 3 aromatic rings. The van der Waals surface area contributed by atoms with E-state index in [9.17, 15) is 4.79 Å². The summed E-state index contributed by atoms with van der Waals surface area (Å²) >= 11 is 3.41. The summed E-state index contributed by atoms with van der Waals surface area (Å²) in [6.07, 6.45) is 7.12. The molecule has 0 saturated heterocycles. The number of nitrogens with zero attached hydrogens (tertiary/aromatic N) is 3.